The van der Waals surface area contributed by atoms with Gasteiger partial charge in [0.15, 0.2) is 0 Å². The van der Waals surface area contributed by atoms with Crippen molar-refractivity contribution in [3.63, 3.8) is 0 Å². The fraction of sp³-hybridized carbons (Fsp3) is 0.250. The van der Waals surface area contributed by atoms with E-state index in [9.17, 15) is 13.2 Å². The van der Waals surface area contributed by atoms with Crippen LogP contribution in [0.2, 0.25) is 0 Å². The molecular weight excluding hydrogens is 313 g/mol. The molecule has 1 aromatic carbocycles. The maximum absolute atomic E-state index is 12.4. The average molecular weight is 325 g/mol. The summed E-state index contributed by atoms with van der Waals surface area (Å²) in [6, 6.07) is 4.56. The fourth-order valence-corrected chi connectivity index (χ4v) is 2.07. The highest BCUT2D eigenvalue weighted by Crippen LogP contribution is 2.30. The number of hydrogen-bond donors (Lipinski definition) is 1. The number of rotatable bonds is 4. The number of ether oxygens (including phenoxy) is 1. The van der Waals surface area contributed by atoms with Gasteiger partial charge < -0.3 is 10.5 Å². The zero-order valence-corrected chi connectivity index (χ0v) is 11.8. The molecule has 0 unspecified atom stereocenters. The summed E-state index contributed by atoms with van der Waals surface area (Å²) in [5.74, 6) is 0.371. The van der Waals surface area contributed by atoms with E-state index in [4.69, 9.17) is 10.5 Å². The van der Waals surface area contributed by atoms with Gasteiger partial charge in [-0.1, -0.05) is 0 Å². The van der Waals surface area contributed by atoms with Crippen LogP contribution in [0.1, 0.15) is 16.3 Å². The summed E-state index contributed by atoms with van der Waals surface area (Å²) in [7, 11) is 0. The maximum Gasteiger partial charge on any atom is 0.416 e. The van der Waals surface area contributed by atoms with Gasteiger partial charge in [0.2, 0.25) is 0 Å². The van der Waals surface area contributed by atoms with E-state index in [1.54, 1.807) is 0 Å². The number of benzene rings is 1. The second kappa shape index (κ2) is 6.92. The molecule has 2 rings (SSSR count). The molecule has 0 amide bonds. The summed E-state index contributed by atoms with van der Waals surface area (Å²) in [6.45, 7) is 0.576. The standard InChI is InChI=1S/C12H11F3N2OS.ClH/c13-12(14,15)8-1-3-10(4-2-8)18-6-9-7-19-11(5-16)17-9;/h1-4,7H,5-6,16H2;1H. The summed E-state index contributed by atoms with van der Waals surface area (Å²) in [5, 5.41) is 2.61. The summed E-state index contributed by atoms with van der Waals surface area (Å²) in [6.07, 6.45) is -4.33. The van der Waals surface area contributed by atoms with Crippen LogP contribution < -0.4 is 10.5 Å². The number of halogens is 4. The zero-order chi connectivity index (χ0) is 13.9. The van der Waals surface area contributed by atoms with Gasteiger partial charge in [-0.3, -0.25) is 0 Å². The Morgan fingerprint density at radius 2 is 1.85 bits per heavy atom. The number of alkyl halides is 3. The molecule has 1 aromatic heterocycles. The maximum atomic E-state index is 12.4. The van der Waals surface area contributed by atoms with Gasteiger partial charge >= 0.3 is 6.18 Å². The first-order chi connectivity index (χ1) is 8.99. The van der Waals surface area contributed by atoms with Crippen LogP contribution in [0.15, 0.2) is 29.6 Å². The predicted octanol–water partition coefficient (Wildman–Crippen LogP) is 3.62. The molecule has 0 aliphatic heterocycles. The molecule has 1 heterocycles. The van der Waals surface area contributed by atoms with Crippen LogP contribution >= 0.6 is 23.7 Å². The molecular formula is C12H12ClF3N2OS. The Bertz CT molecular complexity index is 542. The van der Waals surface area contributed by atoms with E-state index in [2.05, 4.69) is 4.98 Å². The average Bonchev–Trinajstić information content (AvgIpc) is 2.84. The van der Waals surface area contributed by atoms with Crippen molar-refractivity contribution in [3.8, 4) is 5.75 Å². The lowest BCUT2D eigenvalue weighted by molar-refractivity contribution is -0.137. The van der Waals surface area contributed by atoms with Gasteiger partial charge in [0.1, 0.15) is 17.4 Å². The Hall–Kier alpha value is -1.31. The van der Waals surface area contributed by atoms with E-state index in [-0.39, 0.29) is 19.0 Å². The van der Waals surface area contributed by atoms with Gasteiger partial charge in [0, 0.05) is 11.9 Å². The molecule has 0 aliphatic carbocycles. The van der Waals surface area contributed by atoms with Gasteiger partial charge in [0.05, 0.1) is 11.3 Å². The first kappa shape index (κ1) is 16.7. The predicted molar refractivity (Wildman–Crippen MR) is 73.0 cm³/mol. The molecule has 8 heteroatoms. The van der Waals surface area contributed by atoms with Crippen LogP contribution in [0.3, 0.4) is 0 Å². The lowest BCUT2D eigenvalue weighted by atomic mass is 10.2. The van der Waals surface area contributed by atoms with Gasteiger partial charge in [-0.2, -0.15) is 13.2 Å². The van der Waals surface area contributed by atoms with Crippen molar-refractivity contribution in [2.45, 2.75) is 19.3 Å². The van der Waals surface area contributed by atoms with Crippen LogP contribution in [0.4, 0.5) is 13.2 Å². The van der Waals surface area contributed by atoms with Crippen LogP contribution in [-0.4, -0.2) is 4.98 Å². The monoisotopic (exact) mass is 324 g/mol. The van der Waals surface area contributed by atoms with Crippen LogP contribution in [-0.2, 0) is 19.3 Å². The van der Waals surface area contributed by atoms with Crippen LogP contribution in [0.5, 0.6) is 5.75 Å². The van der Waals surface area contributed by atoms with Crippen molar-refractivity contribution < 1.29 is 17.9 Å². The number of hydrogen-bond acceptors (Lipinski definition) is 4. The molecule has 0 aliphatic rings. The van der Waals surface area contributed by atoms with Gasteiger partial charge in [-0.25, -0.2) is 4.98 Å². The number of aromatic nitrogens is 1. The smallest absolute Gasteiger partial charge is 0.416 e. The largest absolute Gasteiger partial charge is 0.487 e. The van der Waals surface area contributed by atoms with Crippen molar-refractivity contribution >= 4 is 23.7 Å². The van der Waals surface area contributed by atoms with Crippen molar-refractivity contribution in [1.82, 2.24) is 4.98 Å². The number of nitrogens with zero attached hydrogens (tertiary/aromatic N) is 1. The highest BCUT2D eigenvalue weighted by molar-refractivity contribution is 7.09. The lowest BCUT2D eigenvalue weighted by Gasteiger charge is -2.08. The van der Waals surface area contributed by atoms with Gasteiger partial charge in [0.25, 0.3) is 0 Å². The highest BCUT2D eigenvalue weighted by atomic mass is 35.5. The normalized spacial score (nSPS) is 11.0. The molecule has 2 N–H and O–H groups in total. The minimum atomic E-state index is -4.33. The van der Waals surface area contributed by atoms with E-state index < -0.39 is 11.7 Å². The Morgan fingerprint density at radius 3 is 2.35 bits per heavy atom. The Labute approximate surface area is 124 Å². The second-order valence-corrected chi connectivity index (χ2v) is 4.69. The quantitative estimate of drug-likeness (QED) is 0.934. The third kappa shape index (κ3) is 4.36. The van der Waals surface area contributed by atoms with Crippen molar-refractivity contribution in [2.24, 2.45) is 5.73 Å². The zero-order valence-electron chi connectivity index (χ0n) is 10.2. The molecule has 0 radical (unpaired) electrons. The summed E-state index contributed by atoms with van der Waals surface area (Å²) >= 11 is 1.43. The molecule has 20 heavy (non-hydrogen) atoms. The molecule has 3 nitrogen and oxygen atoms in total. The van der Waals surface area contributed by atoms with Crippen molar-refractivity contribution in [3.05, 3.63) is 45.9 Å². The van der Waals surface area contributed by atoms with E-state index in [1.165, 1.54) is 23.5 Å². The minimum absolute atomic E-state index is 0. The van der Waals surface area contributed by atoms with Gasteiger partial charge in [-0.05, 0) is 24.3 Å². The molecule has 0 spiro atoms. The molecule has 0 fully saturated rings. The topological polar surface area (TPSA) is 48.1 Å². The Balaban J connectivity index is 0.00000200. The summed E-state index contributed by atoms with van der Waals surface area (Å²) in [5.41, 5.74) is 5.45. The van der Waals surface area contributed by atoms with E-state index in [1.807, 2.05) is 5.38 Å². The van der Waals surface area contributed by atoms with Crippen molar-refractivity contribution in [1.29, 1.82) is 0 Å². The first-order valence-corrected chi connectivity index (χ1v) is 6.30. The second-order valence-electron chi connectivity index (χ2n) is 3.75. The third-order valence-electron chi connectivity index (χ3n) is 2.34. The SMILES string of the molecule is Cl.NCc1nc(COc2ccc(C(F)(F)F)cc2)cs1. The molecule has 0 saturated carbocycles. The molecule has 110 valence electrons. The lowest BCUT2D eigenvalue weighted by Crippen LogP contribution is -2.04. The van der Waals surface area contributed by atoms with E-state index >= 15 is 0 Å². The Kier molecular flexibility index (Phi) is 5.79. The minimum Gasteiger partial charge on any atom is -0.487 e. The van der Waals surface area contributed by atoms with E-state index in [0.29, 0.717) is 18.0 Å². The summed E-state index contributed by atoms with van der Waals surface area (Å²) in [4.78, 5) is 4.19. The fourth-order valence-electron chi connectivity index (χ4n) is 1.41. The van der Waals surface area contributed by atoms with Crippen LogP contribution in [0, 0.1) is 0 Å². The summed E-state index contributed by atoms with van der Waals surface area (Å²) < 4.78 is 42.4. The van der Waals surface area contributed by atoms with Crippen LogP contribution in [0.25, 0.3) is 0 Å². The van der Waals surface area contributed by atoms with E-state index in [0.717, 1.165) is 17.1 Å². The first-order valence-electron chi connectivity index (χ1n) is 5.42. The van der Waals surface area contributed by atoms with Gasteiger partial charge in [-0.15, -0.1) is 23.7 Å². The molecule has 0 bridgehead atoms. The molecule has 0 atom stereocenters. The molecule has 2 aromatic rings. The number of thiazole rings is 1. The number of nitrogens with two attached hydrogens (primary N) is 1. The molecule has 0 saturated heterocycles. The highest BCUT2D eigenvalue weighted by Gasteiger charge is 2.29. The third-order valence-corrected chi connectivity index (χ3v) is 3.26. The van der Waals surface area contributed by atoms with Crippen molar-refractivity contribution in [2.75, 3.05) is 0 Å². The Morgan fingerprint density at radius 1 is 1.20 bits per heavy atom.